The molecule has 0 unspecified atom stereocenters. The van der Waals surface area contributed by atoms with Gasteiger partial charge in [0.1, 0.15) is 0 Å². The van der Waals surface area contributed by atoms with Crippen LogP contribution < -0.4 is 0 Å². The summed E-state index contributed by atoms with van der Waals surface area (Å²) in [6.07, 6.45) is 6.30. The number of hydrogen-bond donors (Lipinski definition) is 1. The minimum Gasteiger partial charge on any atom is -0.463 e. The van der Waals surface area contributed by atoms with E-state index in [1.807, 2.05) is 13.0 Å². The van der Waals surface area contributed by atoms with Gasteiger partial charge in [0.2, 0.25) is 0 Å². The Labute approximate surface area is 102 Å². The second kappa shape index (κ2) is 61.7. The van der Waals surface area contributed by atoms with Gasteiger partial charge < -0.3 is 16.7 Å². The summed E-state index contributed by atoms with van der Waals surface area (Å²) in [7, 11) is 1.75. The van der Waals surface area contributed by atoms with Gasteiger partial charge in [-0.3, -0.25) is 0 Å². The molecule has 0 rings (SSSR count). The maximum absolute atomic E-state index is 9.25. The minimum atomic E-state index is 0. The summed E-state index contributed by atoms with van der Waals surface area (Å²) in [4.78, 5) is 0. The molecule has 0 heterocycles. The zero-order valence-corrected chi connectivity index (χ0v) is 10.8. The molecule has 12 heavy (non-hydrogen) atoms. The molecular formula is C8H17BrFMgN. The van der Waals surface area contributed by atoms with Crippen LogP contribution in [0.1, 0.15) is 19.8 Å². The van der Waals surface area contributed by atoms with E-state index in [9.17, 15) is 4.39 Å². The van der Waals surface area contributed by atoms with Crippen LogP contribution in [0.3, 0.4) is 0 Å². The first kappa shape index (κ1) is 29.4. The Morgan fingerprint density at radius 1 is 1.42 bits per heavy atom. The fraction of sp³-hybridized carbons (Fsp3) is 0.375. The largest absolute Gasteiger partial charge is 2.00 e. The predicted octanol–water partition coefficient (Wildman–Crippen LogP) is 3.39. The average molecular weight is 250 g/mol. The van der Waals surface area contributed by atoms with Crippen LogP contribution in [0.5, 0.6) is 0 Å². The van der Waals surface area contributed by atoms with E-state index in [1.54, 1.807) is 7.18 Å². The summed E-state index contributed by atoms with van der Waals surface area (Å²) in [6.45, 7) is 8.20. The van der Waals surface area contributed by atoms with Crippen molar-refractivity contribution in [3.8, 4) is 0 Å². The Balaban J connectivity index is -0.0000000241. The van der Waals surface area contributed by atoms with E-state index >= 15 is 0 Å². The van der Waals surface area contributed by atoms with E-state index in [1.165, 1.54) is 0 Å². The summed E-state index contributed by atoms with van der Waals surface area (Å²) in [5.74, 6) is 0. The van der Waals surface area contributed by atoms with Crippen molar-refractivity contribution in [1.29, 1.82) is 5.41 Å². The molecule has 0 aromatic rings. The molecule has 0 aliphatic carbocycles. The summed E-state index contributed by atoms with van der Waals surface area (Å²) >= 11 is 0. The van der Waals surface area contributed by atoms with E-state index in [-0.39, 0.29) is 40.0 Å². The molecule has 0 atom stereocenters. The fourth-order valence-electron chi connectivity index (χ4n) is 0.285. The van der Waals surface area contributed by atoms with Gasteiger partial charge in [-0.15, -0.1) is 17.0 Å². The average Bonchev–Trinajstić information content (AvgIpc) is 2.08. The smallest absolute Gasteiger partial charge is 0.463 e. The van der Waals surface area contributed by atoms with Gasteiger partial charge in [-0.25, -0.2) is 0 Å². The van der Waals surface area contributed by atoms with Gasteiger partial charge in [0.25, 0.3) is 0 Å². The quantitative estimate of drug-likeness (QED) is 0.336. The molecule has 0 aliphatic rings. The Morgan fingerprint density at radius 3 is 1.83 bits per heavy atom. The zero-order valence-electron chi connectivity index (χ0n) is 7.68. The molecule has 1 N–H and O–H groups in total. The molecule has 0 radical (unpaired) electrons. The molecule has 1 nitrogen and oxygen atoms in total. The zero-order chi connectivity index (χ0) is 8.83. The van der Waals surface area contributed by atoms with E-state index < -0.39 is 0 Å². The summed E-state index contributed by atoms with van der Waals surface area (Å²) < 4.78 is 9.25. The molecule has 0 aliphatic heterocycles. The molecule has 0 amide bonds. The Morgan fingerprint density at radius 2 is 1.75 bits per heavy atom. The SMILES string of the molecule is Br.C=N.[CH2-]CCC=CC.[CH2-]F.[Mg+2]. The van der Waals surface area contributed by atoms with Crippen molar-refractivity contribution in [1.82, 2.24) is 0 Å². The standard InChI is InChI=1S/C6H11.CH2F.CH3N.BrH.Mg/c1-3-5-6-4-2;2*1-2;;/h4,6H,1,3,5H2,2H3;1H2;2H,1H2;1H;/q2*-1;;;+2. The van der Waals surface area contributed by atoms with Crippen molar-refractivity contribution in [3.05, 3.63) is 26.3 Å². The molecule has 4 heteroatoms. The van der Waals surface area contributed by atoms with Crippen molar-refractivity contribution in [3.63, 3.8) is 0 Å². The normalized spacial score (nSPS) is 6.00. The van der Waals surface area contributed by atoms with E-state index in [0.717, 1.165) is 12.8 Å². The first-order valence-electron chi connectivity index (χ1n) is 2.94. The molecule has 0 saturated carbocycles. The van der Waals surface area contributed by atoms with Gasteiger partial charge in [0.05, 0.1) is 0 Å². The van der Waals surface area contributed by atoms with Crippen molar-refractivity contribution >= 4 is 46.8 Å². The minimum absolute atomic E-state index is 0. The number of hydrogen-bond acceptors (Lipinski definition) is 1. The third-order valence-corrected chi connectivity index (χ3v) is 0.606. The fourth-order valence-corrected chi connectivity index (χ4v) is 0.285. The summed E-state index contributed by atoms with van der Waals surface area (Å²) in [6, 6.07) is 0. The summed E-state index contributed by atoms with van der Waals surface area (Å²) in [5.41, 5.74) is 0. The van der Waals surface area contributed by atoms with Crippen LogP contribution in [0.2, 0.25) is 0 Å². The Bertz CT molecular complexity index is 63.0. The number of halogens is 2. The van der Waals surface area contributed by atoms with Crippen molar-refractivity contribution < 1.29 is 4.39 Å². The van der Waals surface area contributed by atoms with Crippen LogP contribution in [-0.2, 0) is 0 Å². The third-order valence-electron chi connectivity index (χ3n) is 0.606. The topological polar surface area (TPSA) is 23.9 Å². The van der Waals surface area contributed by atoms with Gasteiger partial charge in [0.15, 0.2) is 0 Å². The van der Waals surface area contributed by atoms with E-state index in [2.05, 4.69) is 19.7 Å². The van der Waals surface area contributed by atoms with Gasteiger partial charge in [-0.05, 0) is 13.6 Å². The molecule has 0 fully saturated rings. The van der Waals surface area contributed by atoms with E-state index in [0.29, 0.717) is 0 Å². The van der Waals surface area contributed by atoms with Gasteiger partial charge in [-0.1, -0.05) is 18.6 Å². The first-order valence-corrected chi connectivity index (χ1v) is 2.94. The van der Waals surface area contributed by atoms with Crippen LogP contribution in [0.15, 0.2) is 12.2 Å². The van der Waals surface area contributed by atoms with Crippen molar-refractivity contribution in [2.24, 2.45) is 0 Å². The number of nitrogens with one attached hydrogen (secondary N) is 1. The maximum Gasteiger partial charge on any atom is 2.00 e. The van der Waals surface area contributed by atoms with Crippen molar-refractivity contribution in [2.45, 2.75) is 19.8 Å². The third kappa shape index (κ3) is 75.6. The van der Waals surface area contributed by atoms with Gasteiger partial charge >= 0.3 is 23.1 Å². The maximum atomic E-state index is 9.25. The van der Waals surface area contributed by atoms with Crippen LogP contribution in [0.4, 0.5) is 4.39 Å². The Hall–Kier alpha value is 0.586. The van der Waals surface area contributed by atoms with Crippen molar-refractivity contribution in [2.75, 3.05) is 0 Å². The van der Waals surface area contributed by atoms with Crippen LogP contribution >= 0.6 is 17.0 Å². The van der Waals surface area contributed by atoms with Gasteiger partial charge in [-0.2, -0.15) is 13.6 Å². The molecule has 0 saturated heterocycles. The molecule has 0 bridgehead atoms. The predicted molar refractivity (Wildman–Crippen MR) is 61.8 cm³/mol. The number of unbranched alkanes of at least 4 members (excludes halogenated alkanes) is 1. The molecule has 70 valence electrons. The number of allylic oxidation sites excluding steroid dienone is 2. The Kier molecular flexibility index (Phi) is 151. The second-order valence-corrected chi connectivity index (χ2v) is 1.21. The van der Waals surface area contributed by atoms with Crippen LogP contribution in [0, 0.1) is 19.5 Å². The molecule has 0 aromatic carbocycles. The molecular weight excluding hydrogens is 233 g/mol. The monoisotopic (exact) mass is 249 g/mol. The van der Waals surface area contributed by atoms with Gasteiger partial charge in [0, 0.05) is 0 Å². The number of rotatable bonds is 2. The molecule has 0 spiro atoms. The summed E-state index contributed by atoms with van der Waals surface area (Å²) in [5, 5.41) is 5.50. The second-order valence-electron chi connectivity index (χ2n) is 1.21. The van der Waals surface area contributed by atoms with E-state index in [4.69, 9.17) is 5.41 Å². The molecule has 0 aromatic heterocycles. The van der Waals surface area contributed by atoms with Crippen LogP contribution in [0.25, 0.3) is 0 Å². The van der Waals surface area contributed by atoms with Crippen LogP contribution in [-0.4, -0.2) is 29.8 Å². The first-order chi connectivity index (χ1) is 4.91.